The second-order valence-electron chi connectivity index (χ2n) is 3.91. The van der Waals surface area contributed by atoms with Crippen molar-refractivity contribution in [1.82, 2.24) is 4.90 Å². The van der Waals surface area contributed by atoms with Crippen LogP contribution in [-0.2, 0) is 9.59 Å². The molecule has 1 rings (SSSR count). The molecule has 0 aromatic rings. The number of rotatable bonds is 5. The van der Waals surface area contributed by atoms with E-state index in [1.54, 1.807) is 0 Å². The van der Waals surface area contributed by atoms with Gasteiger partial charge in [0.05, 0.1) is 11.8 Å². The number of hydrogen-bond acceptors (Lipinski definition) is 2. The average Bonchev–Trinajstić information content (AvgIpc) is 2.93. The number of hydrogen-bond donors (Lipinski definition) is 1. The quantitative estimate of drug-likeness (QED) is 0.749. The molecule has 1 aliphatic carbocycles. The molecule has 0 bridgehead atoms. The third-order valence-corrected chi connectivity index (χ3v) is 2.46. The van der Waals surface area contributed by atoms with Crippen molar-refractivity contribution in [1.29, 1.82) is 0 Å². The van der Waals surface area contributed by atoms with E-state index in [0.717, 1.165) is 0 Å². The van der Waals surface area contributed by atoms with E-state index in [-0.39, 0.29) is 13.0 Å². The zero-order valence-electron chi connectivity index (χ0n) is 8.91. The first-order chi connectivity index (χ1) is 7.76. The van der Waals surface area contributed by atoms with E-state index in [0.29, 0.717) is 4.90 Å². The van der Waals surface area contributed by atoms with Crippen molar-refractivity contribution >= 4 is 11.9 Å². The van der Waals surface area contributed by atoms with Crippen LogP contribution in [0.4, 0.5) is 13.2 Å². The number of carbonyl (C=O) groups excluding carboxylic acids is 1. The smallest absolute Gasteiger partial charge is 0.406 e. The van der Waals surface area contributed by atoms with Gasteiger partial charge in [0.25, 0.3) is 0 Å². The Balaban J connectivity index is 2.62. The molecule has 4 nitrogen and oxygen atoms in total. The van der Waals surface area contributed by atoms with Crippen molar-refractivity contribution in [2.75, 3.05) is 13.1 Å². The molecule has 7 heteroatoms. The number of amides is 1. The van der Waals surface area contributed by atoms with Gasteiger partial charge < -0.3 is 10.0 Å². The van der Waals surface area contributed by atoms with Crippen LogP contribution < -0.4 is 0 Å². The molecular weight excluding hydrogens is 239 g/mol. The van der Waals surface area contributed by atoms with E-state index < -0.39 is 36.4 Å². The summed E-state index contributed by atoms with van der Waals surface area (Å²) in [7, 11) is 0. The Bertz CT molecular complexity index is 340. The molecule has 0 heterocycles. The fraction of sp³-hybridized carbons (Fsp3) is 0.600. The summed E-state index contributed by atoms with van der Waals surface area (Å²) in [6.45, 7) is 1.66. The largest absolute Gasteiger partial charge is 0.481 e. The highest BCUT2D eigenvalue weighted by atomic mass is 19.4. The number of carboxylic acid groups (broad SMARTS) is 1. The maximum Gasteiger partial charge on any atom is 0.406 e. The molecule has 1 N–H and O–H groups in total. The van der Waals surface area contributed by atoms with Crippen molar-refractivity contribution in [3.63, 3.8) is 0 Å². The topological polar surface area (TPSA) is 57.6 Å². The standard InChI is InChI=1S/C10H12F3NO3/c1-2-3-14(5-10(11,12)13)8(15)6-4-7(6)9(16)17/h2,6-7H,1,3-5H2,(H,16,17)/t6-,7+/m1/s1. The van der Waals surface area contributed by atoms with Gasteiger partial charge in [-0.2, -0.15) is 13.2 Å². The highest BCUT2D eigenvalue weighted by Gasteiger charge is 2.50. The van der Waals surface area contributed by atoms with Crippen LogP contribution in [0.1, 0.15) is 6.42 Å². The van der Waals surface area contributed by atoms with Gasteiger partial charge in [0.2, 0.25) is 5.91 Å². The number of alkyl halides is 3. The molecule has 1 fully saturated rings. The van der Waals surface area contributed by atoms with Gasteiger partial charge in [-0.05, 0) is 6.42 Å². The molecule has 1 aliphatic rings. The van der Waals surface area contributed by atoms with E-state index in [4.69, 9.17) is 5.11 Å². The fourth-order valence-electron chi connectivity index (χ4n) is 1.58. The van der Waals surface area contributed by atoms with Crippen molar-refractivity contribution in [2.45, 2.75) is 12.6 Å². The SMILES string of the molecule is C=CCN(CC(F)(F)F)C(=O)[C@@H]1C[C@@H]1C(=O)O. The second-order valence-corrected chi connectivity index (χ2v) is 3.91. The maximum absolute atomic E-state index is 12.2. The molecule has 0 radical (unpaired) electrons. The minimum atomic E-state index is -4.49. The Kier molecular flexibility index (Phi) is 3.79. The normalized spacial score (nSPS) is 23.0. The lowest BCUT2D eigenvalue weighted by Crippen LogP contribution is -2.40. The van der Waals surface area contributed by atoms with E-state index >= 15 is 0 Å². The third-order valence-electron chi connectivity index (χ3n) is 2.46. The molecule has 0 aliphatic heterocycles. The first kappa shape index (κ1) is 13.5. The van der Waals surface area contributed by atoms with Crippen LogP contribution in [0.15, 0.2) is 12.7 Å². The second kappa shape index (κ2) is 4.77. The minimum Gasteiger partial charge on any atom is -0.481 e. The van der Waals surface area contributed by atoms with Crippen molar-refractivity contribution in [3.05, 3.63) is 12.7 Å². The van der Waals surface area contributed by atoms with Crippen LogP contribution in [0.2, 0.25) is 0 Å². The van der Waals surface area contributed by atoms with Gasteiger partial charge >= 0.3 is 12.1 Å². The Hall–Kier alpha value is -1.53. The fourth-order valence-corrected chi connectivity index (χ4v) is 1.58. The maximum atomic E-state index is 12.2. The predicted octanol–water partition coefficient (Wildman–Crippen LogP) is 1.28. The van der Waals surface area contributed by atoms with Gasteiger partial charge in [-0.3, -0.25) is 9.59 Å². The van der Waals surface area contributed by atoms with Crippen LogP contribution >= 0.6 is 0 Å². The number of carbonyl (C=O) groups is 2. The molecule has 0 spiro atoms. The first-order valence-electron chi connectivity index (χ1n) is 4.95. The van der Waals surface area contributed by atoms with Crippen LogP contribution in [0.3, 0.4) is 0 Å². The van der Waals surface area contributed by atoms with Crippen LogP contribution in [0.5, 0.6) is 0 Å². The minimum absolute atomic E-state index is 0.111. The molecule has 1 saturated carbocycles. The molecule has 0 aromatic carbocycles. The van der Waals surface area contributed by atoms with Gasteiger partial charge in [-0.25, -0.2) is 0 Å². The lowest BCUT2D eigenvalue weighted by Gasteiger charge is -2.22. The lowest BCUT2D eigenvalue weighted by atomic mass is 10.2. The Morgan fingerprint density at radius 3 is 2.35 bits per heavy atom. The zero-order valence-corrected chi connectivity index (χ0v) is 8.91. The summed E-state index contributed by atoms with van der Waals surface area (Å²) in [4.78, 5) is 22.7. The molecule has 0 saturated heterocycles. The molecule has 96 valence electrons. The zero-order chi connectivity index (χ0) is 13.2. The van der Waals surface area contributed by atoms with Crippen molar-refractivity contribution in [2.24, 2.45) is 11.8 Å². The van der Waals surface area contributed by atoms with Crippen LogP contribution in [-0.4, -0.2) is 41.1 Å². The summed E-state index contributed by atoms with van der Waals surface area (Å²) in [5, 5.41) is 8.60. The summed E-state index contributed by atoms with van der Waals surface area (Å²) in [6.07, 6.45) is -3.20. The average molecular weight is 251 g/mol. The monoisotopic (exact) mass is 251 g/mol. The first-order valence-corrected chi connectivity index (χ1v) is 4.95. The van der Waals surface area contributed by atoms with Gasteiger partial charge in [0.1, 0.15) is 6.54 Å². The Morgan fingerprint density at radius 1 is 1.41 bits per heavy atom. The van der Waals surface area contributed by atoms with Crippen LogP contribution in [0, 0.1) is 11.8 Å². The van der Waals surface area contributed by atoms with E-state index in [2.05, 4.69) is 6.58 Å². The third kappa shape index (κ3) is 3.76. The number of carboxylic acids is 1. The van der Waals surface area contributed by atoms with E-state index in [1.165, 1.54) is 6.08 Å². The van der Waals surface area contributed by atoms with Crippen molar-refractivity contribution in [3.8, 4) is 0 Å². The van der Waals surface area contributed by atoms with Crippen molar-refractivity contribution < 1.29 is 27.9 Å². The van der Waals surface area contributed by atoms with Gasteiger partial charge in [-0.15, -0.1) is 6.58 Å². The van der Waals surface area contributed by atoms with Gasteiger partial charge in [-0.1, -0.05) is 6.08 Å². The summed E-state index contributed by atoms with van der Waals surface area (Å²) in [5.74, 6) is -3.58. The summed E-state index contributed by atoms with van der Waals surface area (Å²) in [5.41, 5.74) is 0. The highest BCUT2D eigenvalue weighted by Crippen LogP contribution is 2.40. The number of nitrogens with zero attached hydrogens (tertiary/aromatic N) is 1. The lowest BCUT2D eigenvalue weighted by molar-refractivity contribution is -0.161. The molecule has 0 aromatic heterocycles. The van der Waals surface area contributed by atoms with E-state index in [9.17, 15) is 22.8 Å². The molecular formula is C10H12F3NO3. The summed E-state index contributed by atoms with van der Waals surface area (Å²) in [6, 6.07) is 0. The molecule has 2 atom stereocenters. The number of halogens is 3. The summed E-state index contributed by atoms with van der Waals surface area (Å²) < 4.78 is 36.6. The summed E-state index contributed by atoms with van der Waals surface area (Å²) >= 11 is 0. The van der Waals surface area contributed by atoms with E-state index in [1.807, 2.05) is 0 Å². The Morgan fingerprint density at radius 2 is 2.00 bits per heavy atom. The number of aliphatic carboxylic acids is 1. The molecule has 17 heavy (non-hydrogen) atoms. The Labute approximate surface area is 95.7 Å². The predicted molar refractivity (Wildman–Crippen MR) is 52.1 cm³/mol. The van der Waals surface area contributed by atoms with Gasteiger partial charge in [0.15, 0.2) is 0 Å². The highest BCUT2D eigenvalue weighted by molar-refractivity contribution is 5.89. The van der Waals surface area contributed by atoms with Gasteiger partial charge in [0, 0.05) is 6.54 Å². The molecule has 0 unspecified atom stereocenters. The molecule has 1 amide bonds. The van der Waals surface area contributed by atoms with Crippen LogP contribution in [0.25, 0.3) is 0 Å².